The zero-order chi connectivity index (χ0) is 18.1. The Bertz CT molecular complexity index is 1040. The van der Waals surface area contributed by atoms with E-state index in [4.69, 9.17) is 0 Å². The fourth-order valence-electron chi connectivity index (χ4n) is 3.20. The molecule has 136 valence electrons. The number of nitrogens with zero attached hydrogens (tertiary/aromatic N) is 3. The number of fused-ring (bicyclic) bond motifs is 1. The first kappa shape index (κ1) is 17.2. The Labute approximate surface area is 157 Å². The van der Waals surface area contributed by atoms with Crippen LogP contribution >= 0.6 is 11.3 Å². The third kappa shape index (κ3) is 3.26. The van der Waals surface area contributed by atoms with Crippen LogP contribution in [-0.4, -0.2) is 23.2 Å². The number of aromatic nitrogens is 3. The average Bonchev–Trinajstić information content (AvgIpc) is 3.16. The lowest BCUT2D eigenvalue weighted by atomic mass is 10.1. The maximum Gasteiger partial charge on any atom is 0.271 e. The van der Waals surface area contributed by atoms with Crippen LogP contribution < -0.4 is 4.72 Å². The molecule has 1 aromatic carbocycles. The number of sulfonamides is 1. The molecule has 0 saturated carbocycles. The number of rotatable bonds is 4. The zero-order valence-electron chi connectivity index (χ0n) is 14.5. The summed E-state index contributed by atoms with van der Waals surface area (Å²) in [5.74, 6) is 1.70. The summed E-state index contributed by atoms with van der Waals surface area (Å²) in [6.45, 7) is 2.76. The number of nitrogens with one attached hydrogen (secondary N) is 1. The number of hydrogen-bond acceptors (Lipinski definition) is 5. The first-order valence-electron chi connectivity index (χ1n) is 8.65. The number of thiophene rings is 1. The first-order valence-corrected chi connectivity index (χ1v) is 11.0. The van der Waals surface area contributed by atoms with Crippen molar-refractivity contribution in [2.24, 2.45) is 0 Å². The molecule has 0 amide bonds. The van der Waals surface area contributed by atoms with E-state index in [-0.39, 0.29) is 0 Å². The van der Waals surface area contributed by atoms with Gasteiger partial charge in [-0.2, -0.15) is 0 Å². The summed E-state index contributed by atoms with van der Waals surface area (Å²) < 4.78 is 30.6. The molecule has 3 heterocycles. The van der Waals surface area contributed by atoms with Crippen molar-refractivity contribution >= 4 is 27.0 Å². The Morgan fingerprint density at radius 2 is 1.92 bits per heavy atom. The van der Waals surface area contributed by atoms with Gasteiger partial charge in [0, 0.05) is 23.4 Å². The molecule has 1 aliphatic rings. The molecular formula is C18H20N4O2S2. The molecule has 0 saturated heterocycles. The number of benzene rings is 1. The molecule has 0 radical (unpaired) electrons. The molecule has 3 aromatic rings. The van der Waals surface area contributed by atoms with E-state index in [1.54, 1.807) is 12.1 Å². The molecule has 0 unspecified atom stereocenters. The molecule has 0 aliphatic carbocycles. The lowest BCUT2D eigenvalue weighted by Gasteiger charge is -2.13. The van der Waals surface area contributed by atoms with Crippen LogP contribution in [0, 0.1) is 6.92 Å². The van der Waals surface area contributed by atoms with E-state index >= 15 is 0 Å². The summed E-state index contributed by atoms with van der Waals surface area (Å²) in [5, 5.41) is 8.69. The van der Waals surface area contributed by atoms with Gasteiger partial charge in [-0.05, 0) is 44.0 Å². The molecule has 0 fully saturated rings. The van der Waals surface area contributed by atoms with Crippen LogP contribution in [0.5, 0.6) is 0 Å². The molecule has 0 bridgehead atoms. The lowest BCUT2D eigenvalue weighted by molar-refractivity contribution is 0.603. The van der Waals surface area contributed by atoms with Gasteiger partial charge in [0.1, 0.15) is 10.0 Å². The topological polar surface area (TPSA) is 76.9 Å². The van der Waals surface area contributed by atoms with Crippen LogP contribution in [0.1, 0.15) is 30.0 Å². The molecule has 1 N–H and O–H groups in total. The third-order valence-electron chi connectivity index (χ3n) is 4.50. The summed E-state index contributed by atoms with van der Waals surface area (Å²) in [5.41, 5.74) is 1.28. The van der Waals surface area contributed by atoms with Gasteiger partial charge in [-0.3, -0.25) is 4.72 Å². The van der Waals surface area contributed by atoms with E-state index in [0.29, 0.717) is 9.90 Å². The van der Waals surface area contributed by atoms with E-state index in [0.717, 1.165) is 47.9 Å². The van der Waals surface area contributed by atoms with Gasteiger partial charge in [0.05, 0.1) is 5.69 Å². The van der Waals surface area contributed by atoms with E-state index in [2.05, 4.69) is 19.5 Å². The van der Waals surface area contributed by atoms with Crippen LogP contribution in [0.4, 0.5) is 5.69 Å². The number of para-hydroxylation sites is 1. The molecule has 8 heteroatoms. The van der Waals surface area contributed by atoms with Gasteiger partial charge >= 0.3 is 0 Å². The van der Waals surface area contributed by atoms with E-state index < -0.39 is 10.0 Å². The summed E-state index contributed by atoms with van der Waals surface area (Å²) in [6, 6.07) is 10.8. The molecule has 4 rings (SSSR count). The van der Waals surface area contributed by atoms with E-state index in [1.807, 2.05) is 31.2 Å². The highest BCUT2D eigenvalue weighted by Crippen LogP contribution is 2.31. The molecule has 1 aliphatic heterocycles. The Kier molecular flexibility index (Phi) is 4.54. The normalized spacial score (nSPS) is 14.7. The van der Waals surface area contributed by atoms with E-state index in [9.17, 15) is 8.42 Å². The Morgan fingerprint density at radius 3 is 2.73 bits per heavy atom. The van der Waals surface area contributed by atoms with Gasteiger partial charge in [-0.1, -0.05) is 18.6 Å². The maximum atomic E-state index is 12.7. The van der Waals surface area contributed by atoms with Crippen molar-refractivity contribution in [2.75, 3.05) is 4.72 Å². The second kappa shape index (κ2) is 6.85. The summed E-state index contributed by atoms with van der Waals surface area (Å²) in [6.07, 6.45) is 4.29. The van der Waals surface area contributed by atoms with Gasteiger partial charge in [0.2, 0.25) is 0 Å². The highest BCUT2D eigenvalue weighted by atomic mass is 32.2. The van der Waals surface area contributed by atoms with Gasteiger partial charge in [-0.15, -0.1) is 21.5 Å². The SMILES string of the molecule is Cc1ccc(S(=O)(=O)Nc2ccccc2-c2nnc3n2CCCCC3)s1. The molecule has 0 spiro atoms. The fraction of sp³-hybridized carbons (Fsp3) is 0.333. The van der Waals surface area contributed by atoms with Crippen LogP contribution in [0.15, 0.2) is 40.6 Å². The lowest BCUT2D eigenvalue weighted by Crippen LogP contribution is -2.13. The molecule has 0 atom stereocenters. The average molecular weight is 389 g/mol. The number of hydrogen-bond donors (Lipinski definition) is 1. The quantitative estimate of drug-likeness (QED) is 0.737. The van der Waals surface area contributed by atoms with E-state index in [1.165, 1.54) is 17.8 Å². The number of anilines is 1. The van der Waals surface area contributed by atoms with Gasteiger partial charge in [0.15, 0.2) is 5.82 Å². The minimum absolute atomic E-state index is 0.310. The summed E-state index contributed by atoms with van der Waals surface area (Å²) >= 11 is 1.26. The Hall–Kier alpha value is -2.19. The number of aryl methyl sites for hydroxylation is 2. The molecule has 26 heavy (non-hydrogen) atoms. The first-order chi connectivity index (χ1) is 12.5. The second-order valence-electron chi connectivity index (χ2n) is 6.42. The van der Waals surface area contributed by atoms with Crippen LogP contribution in [-0.2, 0) is 23.0 Å². The smallest absolute Gasteiger partial charge is 0.271 e. The summed E-state index contributed by atoms with van der Waals surface area (Å²) in [4.78, 5) is 0.960. The van der Waals surface area contributed by atoms with Crippen LogP contribution in [0.25, 0.3) is 11.4 Å². The van der Waals surface area contributed by atoms with Gasteiger partial charge in [0.25, 0.3) is 10.0 Å². The van der Waals surface area contributed by atoms with Crippen molar-refractivity contribution in [1.82, 2.24) is 14.8 Å². The maximum absolute atomic E-state index is 12.7. The Morgan fingerprint density at radius 1 is 1.08 bits per heavy atom. The largest absolute Gasteiger partial charge is 0.311 e. The van der Waals surface area contributed by atoms with Crippen molar-refractivity contribution in [3.8, 4) is 11.4 Å². The van der Waals surface area contributed by atoms with Crippen molar-refractivity contribution in [3.63, 3.8) is 0 Å². The zero-order valence-corrected chi connectivity index (χ0v) is 16.1. The third-order valence-corrected chi connectivity index (χ3v) is 7.36. The minimum Gasteiger partial charge on any atom is -0.311 e. The van der Waals surface area contributed by atoms with Crippen LogP contribution in [0.2, 0.25) is 0 Å². The summed E-state index contributed by atoms with van der Waals surface area (Å²) in [7, 11) is -3.62. The van der Waals surface area contributed by atoms with Crippen molar-refractivity contribution in [1.29, 1.82) is 0 Å². The standard InChI is InChI=1S/C18H20N4O2S2/c1-13-10-11-17(25-13)26(23,24)21-15-8-5-4-7-14(15)18-20-19-16-9-3-2-6-12-22(16)18/h4-5,7-8,10-11,21H,2-3,6,9,12H2,1H3. The van der Waals surface area contributed by atoms with Crippen molar-refractivity contribution in [3.05, 3.63) is 47.1 Å². The Balaban J connectivity index is 1.73. The highest BCUT2D eigenvalue weighted by molar-refractivity contribution is 7.94. The monoisotopic (exact) mass is 388 g/mol. The van der Waals surface area contributed by atoms with Gasteiger partial charge in [-0.25, -0.2) is 8.42 Å². The fourth-order valence-corrected chi connectivity index (χ4v) is 5.57. The predicted octanol–water partition coefficient (Wildman–Crippen LogP) is 3.84. The molecule has 2 aromatic heterocycles. The van der Waals surface area contributed by atoms with Crippen LogP contribution in [0.3, 0.4) is 0 Å². The minimum atomic E-state index is -3.62. The highest BCUT2D eigenvalue weighted by Gasteiger charge is 2.22. The molecular weight excluding hydrogens is 368 g/mol. The predicted molar refractivity (Wildman–Crippen MR) is 103 cm³/mol. The molecule has 6 nitrogen and oxygen atoms in total. The second-order valence-corrected chi connectivity index (χ2v) is 9.62. The van der Waals surface area contributed by atoms with Gasteiger partial charge < -0.3 is 4.57 Å². The van der Waals surface area contributed by atoms with Crippen molar-refractivity contribution in [2.45, 2.75) is 43.4 Å². The van der Waals surface area contributed by atoms with Crippen molar-refractivity contribution < 1.29 is 8.42 Å².